The van der Waals surface area contributed by atoms with Gasteiger partial charge in [-0.2, -0.15) is 5.26 Å². The number of fused-ring (bicyclic) bond motifs is 3. The molecule has 18 heavy (non-hydrogen) atoms. The zero-order valence-corrected chi connectivity index (χ0v) is 10.2. The van der Waals surface area contributed by atoms with Gasteiger partial charge >= 0.3 is 0 Å². The largest absolute Gasteiger partial charge is 0.342 e. The predicted octanol–water partition coefficient (Wildman–Crippen LogP) is 1.95. The van der Waals surface area contributed by atoms with E-state index in [1.54, 1.807) is 11.0 Å². The van der Waals surface area contributed by atoms with Gasteiger partial charge in [0.2, 0.25) is 9.84 Å². The second kappa shape index (κ2) is 3.56. The standard InChI is InChI=1S/C12H9FN2O2S/c13-8-3-4-11-10(6-8)15-5-1-2-9(15)12(7-14)18(11,16)17/h3-4,6H,1-2,5H2. The maximum absolute atomic E-state index is 13.3. The molecule has 6 heteroatoms. The highest BCUT2D eigenvalue weighted by molar-refractivity contribution is 7.95. The molecule has 0 N–H and O–H groups in total. The third-order valence-corrected chi connectivity index (χ3v) is 5.04. The Morgan fingerprint density at radius 3 is 2.89 bits per heavy atom. The summed E-state index contributed by atoms with van der Waals surface area (Å²) >= 11 is 0. The highest BCUT2D eigenvalue weighted by atomic mass is 32.2. The molecule has 2 heterocycles. The van der Waals surface area contributed by atoms with Crippen molar-refractivity contribution in [2.24, 2.45) is 0 Å². The third-order valence-electron chi connectivity index (χ3n) is 3.25. The first-order chi connectivity index (χ1) is 8.55. The molecule has 0 unspecified atom stereocenters. The topological polar surface area (TPSA) is 61.2 Å². The van der Waals surface area contributed by atoms with Crippen LogP contribution in [0.2, 0.25) is 0 Å². The van der Waals surface area contributed by atoms with E-state index in [1.165, 1.54) is 12.1 Å². The molecule has 2 aliphatic heterocycles. The number of halogens is 1. The lowest BCUT2D eigenvalue weighted by Crippen LogP contribution is -2.27. The summed E-state index contributed by atoms with van der Waals surface area (Å²) in [7, 11) is -3.79. The number of rotatable bonds is 0. The number of allylic oxidation sites excluding steroid dienone is 2. The summed E-state index contributed by atoms with van der Waals surface area (Å²) in [6.07, 6.45) is 1.31. The molecule has 0 atom stereocenters. The molecule has 0 saturated carbocycles. The fraction of sp³-hybridized carbons (Fsp3) is 0.250. The molecule has 4 nitrogen and oxygen atoms in total. The van der Waals surface area contributed by atoms with Crippen molar-refractivity contribution in [3.8, 4) is 6.07 Å². The van der Waals surface area contributed by atoms with Gasteiger partial charge in [0.25, 0.3) is 0 Å². The average molecular weight is 264 g/mol. The van der Waals surface area contributed by atoms with Crippen LogP contribution >= 0.6 is 0 Å². The van der Waals surface area contributed by atoms with Gasteiger partial charge in [0, 0.05) is 12.2 Å². The van der Waals surface area contributed by atoms with Crippen molar-refractivity contribution in [2.75, 3.05) is 11.4 Å². The van der Waals surface area contributed by atoms with Crippen molar-refractivity contribution in [3.05, 3.63) is 34.6 Å². The Hall–Kier alpha value is -1.87. The zero-order valence-electron chi connectivity index (χ0n) is 9.35. The van der Waals surface area contributed by atoms with Gasteiger partial charge in [-0.25, -0.2) is 12.8 Å². The highest BCUT2D eigenvalue weighted by Gasteiger charge is 2.38. The van der Waals surface area contributed by atoms with Crippen LogP contribution in [0.15, 0.2) is 33.7 Å². The van der Waals surface area contributed by atoms with Crippen LogP contribution in [0.25, 0.3) is 0 Å². The molecule has 0 radical (unpaired) electrons. The van der Waals surface area contributed by atoms with Crippen LogP contribution < -0.4 is 4.90 Å². The fourth-order valence-corrected chi connectivity index (χ4v) is 4.05. The van der Waals surface area contributed by atoms with E-state index in [9.17, 15) is 12.8 Å². The molecule has 1 aromatic carbocycles. The van der Waals surface area contributed by atoms with Crippen LogP contribution in [0.1, 0.15) is 12.8 Å². The van der Waals surface area contributed by atoms with E-state index in [4.69, 9.17) is 5.26 Å². The van der Waals surface area contributed by atoms with Crippen LogP contribution in [0.5, 0.6) is 0 Å². The first kappa shape index (κ1) is 11.2. The van der Waals surface area contributed by atoms with Crippen LogP contribution in [0.3, 0.4) is 0 Å². The molecule has 92 valence electrons. The Kier molecular flexibility index (Phi) is 2.22. The van der Waals surface area contributed by atoms with Gasteiger partial charge < -0.3 is 4.90 Å². The molecular formula is C12H9FN2O2S. The second-order valence-electron chi connectivity index (χ2n) is 4.26. The Bertz CT molecular complexity index is 716. The van der Waals surface area contributed by atoms with E-state index < -0.39 is 15.7 Å². The quantitative estimate of drug-likeness (QED) is 0.672. The Morgan fingerprint density at radius 2 is 2.17 bits per heavy atom. The van der Waals surface area contributed by atoms with E-state index in [-0.39, 0.29) is 9.80 Å². The maximum atomic E-state index is 13.3. The summed E-state index contributed by atoms with van der Waals surface area (Å²) in [6, 6.07) is 5.32. The SMILES string of the molecule is N#CC1=C2CCCN2c2cc(F)ccc2S1(=O)=O. The highest BCUT2D eigenvalue weighted by Crippen LogP contribution is 2.43. The summed E-state index contributed by atoms with van der Waals surface area (Å²) in [5.74, 6) is -0.476. The molecule has 0 amide bonds. The lowest BCUT2D eigenvalue weighted by atomic mass is 10.2. The Balaban J connectivity index is 2.38. The van der Waals surface area contributed by atoms with Gasteiger partial charge in [0.05, 0.1) is 10.6 Å². The Morgan fingerprint density at radius 1 is 1.39 bits per heavy atom. The first-order valence-corrected chi connectivity index (χ1v) is 6.99. The summed E-state index contributed by atoms with van der Waals surface area (Å²) in [6.45, 7) is 0.618. The van der Waals surface area contributed by atoms with E-state index in [1.807, 2.05) is 0 Å². The smallest absolute Gasteiger partial charge is 0.220 e. The van der Waals surface area contributed by atoms with Crippen LogP contribution in [0.4, 0.5) is 10.1 Å². The molecule has 1 fully saturated rings. The maximum Gasteiger partial charge on any atom is 0.220 e. The van der Waals surface area contributed by atoms with E-state index in [0.717, 1.165) is 12.5 Å². The number of anilines is 1. The number of benzene rings is 1. The predicted molar refractivity (Wildman–Crippen MR) is 62.8 cm³/mol. The van der Waals surface area contributed by atoms with Crippen molar-refractivity contribution < 1.29 is 12.8 Å². The van der Waals surface area contributed by atoms with Crippen molar-refractivity contribution in [1.82, 2.24) is 0 Å². The molecule has 2 aliphatic rings. The lowest BCUT2D eigenvalue weighted by molar-refractivity contribution is 0.599. The minimum Gasteiger partial charge on any atom is -0.342 e. The molecule has 0 spiro atoms. The number of nitrogens with zero attached hydrogens (tertiary/aromatic N) is 2. The molecule has 1 aromatic rings. The average Bonchev–Trinajstić information content (AvgIpc) is 2.77. The Labute approximate surface area is 104 Å². The number of nitriles is 1. The van der Waals surface area contributed by atoms with Gasteiger partial charge in [-0.05, 0) is 31.0 Å². The summed E-state index contributed by atoms with van der Waals surface area (Å²) < 4.78 is 37.8. The minimum atomic E-state index is -3.79. The lowest BCUT2D eigenvalue weighted by Gasteiger charge is -2.28. The van der Waals surface area contributed by atoms with Crippen molar-refractivity contribution in [2.45, 2.75) is 17.7 Å². The van der Waals surface area contributed by atoms with Crippen LogP contribution in [-0.2, 0) is 9.84 Å². The monoisotopic (exact) mass is 264 g/mol. The summed E-state index contributed by atoms with van der Waals surface area (Å²) in [5.41, 5.74) is 0.845. The molecule has 0 aliphatic carbocycles. The fourth-order valence-electron chi connectivity index (χ4n) is 2.49. The minimum absolute atomic E-state index is 0.0195. The molecule has 0 bridgehead atoms. The van der Waals surface area contributed by atoms with Crippen molar-refractivity contribution >= 4 is 15.5 Å². The van der Waals surface area contributed by atoms with Gasteiger partial charge in [-0.15, -0.1) is 0 Å². The van der Waals surface area contributed by atoms with E-state index in [0.29, 0.717) is 24.4 Å². The summed E-state index contributed by atoms with van der Waals surface area (Å²) in [5, 5.41) is 9.07. The molecular weight excluding hydrogens is 255 g/mol. The third kappa shape index (κ3) is 1.31. The van der Waals surface area contributed by atoms with Crippen molar-refractivity contribution in [3.63, 3.8) is 0 Å². The van der Waals surface area contributed by atoms with Gasteiger partial charge in [0.15, 0.2) is 4.91 Å². The molecule has 3 rings (SSSR count). The number of hydrogen-bond donors (Lipinski definition) is 0. The van der Waals surface area contributed by atoms with E-state index >= 15 is 0 Å². The van der Waals surface area contributed by atoms with Gasteiger partial charge in [0.1, 0.15) is 11.9 Å². The second-order valence-corrected chi connectivity index (χ2v) is 6.11. The number of hydrogen-bond acceptors (Lipinski definition) is 4. The van der Waals surface area contributed by atoms with Crippen LogP contribution in [-0.4, -0.2) is 15.0 Å². The van der Waals surface area contributed by atoms with Crippen molar-refractivity contribution in [1.29, 1.82) is 5.26 Å². The molecule has 0 aromatic heterocycles. The normalized spacial score (nSPS) is 20.3. The van der Waals surface area contributed by atoms with Crippen LogP contribution in [0, 0.1) is 17.1 Å². The van der Waals surface area contributed by atoms with Gasteiger partial charge in [-0.1, -0.05) is 0 Å². The zero-order chi connectivity index (χ0) is 12.9. The first-order valence-electron chi connectivity index (χ1n) is 5.51. The molecule has 1 saturated heterocycles. The summed E-state index contributed by atoms with van der Waals surface area (Å²) in [4.78, 5) is 1.56. The number of sulfone groups is 1. The van der Waals surface area contributed by atoms with E-state index in [2.05, 4.69) is 0 Å². The van der Waals surface area contributed by atoms with Gasteiger partial charge in [-0.3, -0.25) is 0 Å².